The van der Waals surface area contributed by atoms with Crippen LogP contribution in [0.15, 0.2) is 18.2 Å². The summed E-state index contributed by atoms with van der Waals surface area (Å²) in [6.45, 7) is 1.85. The van der Waals surface area contributed by atoms with Gasteiger partial charge in [0, 0.05) is 36.8 Å². The Morgan fingerprint density at radius 2 is 2.00 bits per heavy atom. The highest BCUT2D eigenvalue weighted by molar-refractivity contribution is 6.31. The number of hydrogen-bond donors (Lipinski definition) is 2. The van der Waals surface area contributed by atoms with E-state index in [1.165, 1.54) is 12.1 Å². The van der Waals surface area contributed by atoms with Gasteiger partial charge >= 0.3 is 0 Å². The highest BCUT2D eigenvalue weighted by Gasteiger charge is 2.22. The molecule has 5 nitrogen and oxygen atoms in total. The Morgan fingerprint density at radius 3 is 2.59 bits per heavy atom. The van der Waals surface area contributed by atoms with E-state index >= 15 is 0 Å². The second-order valence-electron chi connectivity index (χ2n) is 5.36. The number of hydrogen-bond acceptors (Lipinski definition) is 3. The molecule has 1 aliphatic heterocycles. The fourth-order valence-corrected chi connectivity index (χ4v) is 2.69. The summed E-state index contributed by atoms with van der Waals surface area (Å²) in [6, 6.07) is 3.80. The molecule has 0 spiro atoms. The molecule has 0 saturated carbocycles. The predicted molar refractivity (Wildman–Crippen MR) is 82.4 cm³/mol. The van der Waals surface area contributed by atoms with Crippen molar-refractivity contribution in [2.45, 2.75) is 18.9 Å². The van der Waals surface area contributed by atoms with Crippen molar-refractivity contribution in [3.8, 4) is 0 Å². The van der Waals surface area contributed by atoms with Gasteiger partial charge in [0.2, 0.25) is 5.91 Å². The van der Waals surface area contributed by atoms with E-state index in [0.717, 1.165) is 32.0 Å². The quantitative estimate of drug-likeness (QED) is 0.879. The van der Waals surface area contributed by atoms with Crippen LogP contribution in [-0.4, -0.2) is 49.4 Å². The predicted octanol–water partition coefficient (Wildman–Crippen LogP) is 1.42. The summed E-state index contributed by atoms with van der Waals surface area (Å²) >= 11 is 5.75. The van der Waals surface area contributed by atoms with Gasteiger partial charge in [0.25, 0.3) is 5.91 Å². The average Bonchev–Trinajstić information content (AvgIpc) is 2.48. The molecule has 1 saturated heterocycles. The van der Waals surface area contributed by atoms with E-state index in [4.69, 9.17) is 11.6 Å². The largest absolute Gasteiger partial charge is 0.358 e. The van der Waals surface area contributed by atoms with Crippen molar-refractivity contribution < 1.29 is 14.0 Å². The molecule has 1 aromatic carbocycles. The molecule has 0 unspecified atom stereocenters. The second-order valence-corrected chi connectivity index (χ2v) is 5.79. The van der Waals surface area contributed by atoms with Crippen LogP contribution in [0.1, 0.15) is 23.2 Å². The van der Waals surface area contributed by atoms with Gasteiger partial charge < -0.3 is 10.6 Å². The third-order valence-corrected chi connectivity index (χ3v) is 3.91. The highest BCUT2D eigenvalue weighted by atomic mass is 35.5. The summed E-state index contributed by atoms with van der Waals surface area (Å²) in [4.78, 5) is 25.5. The molecule has 7 heteroatoms. The van der Waals surface area contributed by atoms with Crippen LogP contribution >= 0.6 is 11.6 Å². The van der Waals surface area contributed by atoms with Gasteiger partial charge in [0.05, 0.1) is 6.54 Å². The van der Waals surface area contributed by atoms with Gasteiger partial charge in [0.1, 0.15) is 5.82 Å². The third-order valence-electron chi connectivity index (χ3n) is 3.69. The first kappa shape index (κ1) is 16.7. The number of carbonyl (C=O) groups is 2. The monoisotopic (exact) mass is 327 g/mol. The van der Waals surface area contributed by atoms with E-state index < -0.39 is 5.82 Å². The number of likely N-dealkylation sites (tertiary alicyclic amines) is 1. The van der Waals surface area contributed by atoms with E-state index in [9.17, 15) is 14.0 Å². The number of benzene rings is 1. The molecule has 0 bridgehead atoms. The molecule has 0 aliphatic carbocycles. The molecule has 120 valence electrons. The molecule has 2 amide bonds. The average molecular weight is 328 g/mol. The Balaban J connectivity index is 1.85. The second kappa shape index (κ2) is 7.56. The lowest BCUT2D eigenvalue weighted by atomic mass is 10.0. The van der Waals surface area contributed by atoms with Crippen molar-refractivity contribution in [2.24, 2.45) is 0 Å². The van der Waals surface area contributed by atoms with Crippen LogP contribution < -0.4 is 10.6 Å². The minimum Gasteiger partial charge on any atom is -0.358 e. The normalized spacial score (nSPS) is 16.3. The summed E-state index contributed by atoms with van der Waals surface area (Å²) in [5.41, 5.74) is 0.220. The maximum atomic E-state index is 13.3. The van der Waals surface area contributed by atoms with E-state index in [0.29, 0.717) is 6.54 Å². The van der Waals surface area contributed by atoms with Crippen molar-refractivity contribution in [3.63, 3.8) is 0 Å². The summed E-state index contributed by atoms with van der Waals surface area (Å²) < 4.78 is 13.3. The number of likely N-dealkylation sites (N-methyl/N-ethyl adjacent to an activating group) is 1. The van der Waals surface area contributed by atoms with E-state index in [2.05, 4.69) is 10.6 Å². The number of nitrogens with zero attached hydrogens (tertiary/aromatic N) is 1. The van der Waals surface area contributed by atoms with Crippen LogP contribution in [0.25, 0.3) is 0 Å². The number of rotatable bonds is 4. The van der Waals surface area contributed by atoms with Crippen LogP contribution in [-0.2, 0) is 4.79 Å². The number of nitrogens with one attached hydrogen (secondary N) is 2. The SMILES string of the molecule is CNC(=O)CN1CCC(NC(=O)c2cc(F)cc(Cl)c2)CC1. The van der Waals surface area contributed by atoms with E-state index in [1.54, 1.807) is 7.05 Å². The highest BCUT2D eigenvalue weighted by Crippen LogP contribution is 2.15. The van der Waals surface area contributed by atoms with Gasteiger partial charge in [-0.3, -0.25) is 14.5 Å². The fraction of sp³-hybridized carbons (Fsp3) is 0.467. The molecule has 1 aromatic rings. The first-order valence-corrected chi connectivity index (χ1v) is 7.55. The van der Waals surface area contributed by atoms with Gasteiger partial charge in [-0.25, -0.2) is 4.39 Å². The van der Waals surface area contributed by atoms with Crippen molar-refractivity contribution in [2.75, 3.05) is 26.7 Å². The van der Waals surface area contributed by atoms with Crippen molar-refractivity contribution in [1.29, 1.82) is 0 Å². The Hall–Kier alpha value is -1.66. The smallest absolute Gasteiger partial charge is 0.251 e. The lowest BCUT2D eigenvalue weighted by Crippen LogP contribution is -2.47. The zero-order chi connectivity index (χ0) is 16.1. The minimum atomic E-state index is -0.530. The molecule has 0 aromatic heterocycles. The summed E-state index contributed by atoms with van der Waals surface area (Å²) in [6.07, 6.45) is 1.51. The van der Waals surface area contributed by atoms with Crippen molar-refractivity contribution in [3.05, 3.63) is 34.6 Å². The van der Waals surface area contributed by atoms with Crippen molar-refractivity contribution >= 4 is 23.4 Å². The van der Waals surface area contributed by atoms with Gasteiger partial charge in [0.15, 0.2) is 0 Å². The Labute approximate surface area is 133 Å². The van der Waals surface area contributed by atoms with Gasteiger partial charge in [-0.1, -0.05) is 11.6 Å². The first-order chi connectivity index (χ1) is 10.5. The lowest BCUT2D eigenvalue weighted by Gasteiger charge is -2.31. The molecular formula is C15H19ClFN3O2. The first-order valence-electron chi connectivity index (χ1n) is 7.18. The standard InChI is InChI=1S/C15H19ClFN3O2/c1-18-14(21)9-20-4-2-13(3-5-20)19-15(22)10-6-11(16)8-12(17)7-10/h6-8,13H,2-5,9H2,1H3,(H,18,21)(H,19,22). The molecule has 1 aliphatic rings. The Bertz CT molecular complexity index is 539. The zero-order valence-electron chi connectivity index (χ0n) is 12.4. The summed E-state index contributed by atoms with van der Waals surface area (Å²) in [5, 5.41) is 5.67. The number of halogens is 2. The van der Waals surface area contributed by atoms with Crippen molar-refractivity contribution in [1.82, 2.24) is 15.5 Å². The summed E-state index contributed by atoms with van der Waals surface area (Å²) in [7, 11) is 1.61. The number of amides is 2. The molecule has 2 rings (SSSR count). The van der Waals surface area contributed by atoms with Crippen LogP contribution in [0.5, 0.6) is 0 Å². The molecular weight excluding hydrogens is 309 g/mol. The van der Waals surface area contributed by atoms with Gasteiger partial charge in [-0.2, -0.15) is 0 Å². The van der Waals surface area contributed by atoms with E-state index in [-0.39, 0.29) is 28.4 Å². The van der Waals surface area contributed by atoms with Crippen LogP contribution in [0, 0.1) is 5.82 Å². The zero-order valence-corrected chi connectivity index (χ0v) is 13.1. The van der Waals surface area contributed by atoms with E-state index in [1.807, 2.05) is 4.90 Å². The molecule has 1 fully saturated rings. The maximum Gasteiger partial charge on any atom is 0.251 e. The number of piperidine rings is 1. The third kappa shape index (κ3) is 4.68. The minimum absolute atomic E-state index is 0.0168. The van der Waals surface area contributed by atoms with Gasteiger partial charge in [-0.15, -0.1) is 0 Å². The topological polar surface area (TPSA) is 61.4 Å². The maximum absolute atomic E-state index is 13.3. The van der Waals surface area contributed by atoms with Gasteiger partial charge in [-0.05, 0) is 31.0 Å². The fourth-order valence-electron chi connectivity index (χ4n) is 2.47. The molecule has 22 heavy (non-hydrogen) atoms. The van der Waals surface area contributed by atoms with Crippen LogP contribution in [0.3, 0.4) is 0 Å². The summed E-state index contributed by atoms with van der Waals surface area (Å²) in [5.74, 6) is -0.874. The molecule has 2 N–H and O–H groups in total. The lowest BCUT2D eigenvalue weighted by molar-refractivity contribution is -0.122. The molecule has 0 atom stereocenters. The Kier molecular flexibility index (Phi) is 5.74. The van der Waals surface area contributed by atoms with Crippen LogP contribution in [0.4, 0.5) is 4.39 Å². The van der Waals surface area contributed by atoms with Crippen LogP contribution in [0.2, 0.25) is 5.02 Å². The Morgan fingerprint density at radius 1 is 1.32 bits per heavy atom. The molecule has 0 radical (unpaired) electrons. The molecule has 1 heterocycles. The number of carbonyl (C=O) groups excluding carboxylic acids is 2.